The maximum atomic E-state index is 11.5. The third kappa shape index (κ3) is 2.00. The number of carbonyl (C=O) groups excluding carboxylic acids is 1. The first-order valence-corrected chi connectivity index (χ1v) is 4.88. The highest BCUT2D eigenvalue weighted by atomic mass is 16.5. The highest BCUT2D eigenvalue weighted by Crippen LogP contribution is 2.25. The van der Waals surface area contributed by atoms with Crippen molar-refractivity contribution in [2.24, 2.45) is 0 Å². The van der Waals surface area contributed by atoms with Gasteiger partial charge in [0.2, 0.25) is 0 Å². The number of hydrogen-bond acceptors (Lipinski definition) is 3. The number of fused-ring (bicyclic) bond motifs is 1. The van der Waals surface area contributed by atoms with Crippen LogP contribution in [-0.2, 0) is 4.74 Å². The Kier molecular flexibility index (Phi) is 2.70. The highest BCUT2D eigenvalue weighted by molar-refractivity contribution is 5.98. The minimum Gasteiger partial charge on any atom is -0.391 e. The van der Waals surface area contributed by atoms with Gasteiger partial charge in [-0.3, -0.25) is 4.79 Å². The van der Waals surface area contributed by atoms with Crippen LogP contribution < -0.4 is 5.32 Å². The second-order valence-electron chi connectivity index (χ2n) is 3.62. The molecule has 0 aromatic heterocycles. The molecule has 2 atom stereocenters. The van der Waals surface area contributed by atoms with Crippen LogP contribution in [0.2, 0.25) is 0 Å². The zero-order chi connectivity index (χ0) is 10.8. The molecule has 0 saturated carbocycles. The molecular weight excluding hydrogens is 194 g/mol. The monoisotopic (exact) mass is 207 g/mol. The molecule has 0 aliphatic carbocycles. The zero-order valence-electron chi connectivity index (χ0n) is 8.43. The Morgan fingerprint density at radius 2 is 2.27 bits per heavy atom. The molecule has 1 aliphatic heterocycles. The number of benzene rings is 1. The molecule has 15 heavy (non-hydrogen) atoms. The van der Waals surface area contributed by atoms with Gasteiger partial charge in [-0.25, -0.2) is 0 Å². The molecule has 1 aromatic carbocycles. The van der Waals surface area contributed by atoms with Crippen molar-refractivity contribution in [3.8, 4) is 0 Å². The van der Waals surface area contributed by atoms with E-state index >= 15 is 0 Å². The number of aliphatic hydroxyl groups excluding tert-OH is 1. The van der Waals surface area contributed by atoms with Gasteiger partial charge in [0.05, 0.1) is 12.7 Å². The fraction of sp³-hybridized carbons (Fsp3) is 0.364. The van der Waals surface area contributed by atoms with E-state index < -0.39 is 12.3 Å². The SMILES string of the molecule is C[C@@H](O)COC1NC(=O)c2ccccc21. The van der Waals surface area contributed by atoms with E-state index in [-0.39, 0.29) is 12.5 Å². The van der Waals surface area contributed by atoms with Gasteiger partial charge < -0.3 is 15.2 Å². The third-order valence-electron chi connectivity index (χ3n) is 2.25. The van der Waals surface area contributed by atoms with Crippen LogP contribution in [0.4, 0.5) is 0 Å². The fourth-order valence-corrected chi connectivity index (χ4v) is 1.57. The summed E-state index contributed by atoms with van der Waals surface area (Å²) >= 11 is 0. The first-order chi connectivity index (χ1) is 7.18. The normalized spacial score (nSPS) is 20.9. The quantitative estimate of drug-likeness (QED) is 0.771. The fourth-order valence-electron chi connectivity index (χ4n) is 1.57. The summed E-state index contributed by atoms with van der Waals surface area (Å²) in [7, 11) is 0. The van der Waals surface area contributed by atoms with Crippen molar-refractivity contribution in [1.29, 1.82) is 0 Å². The van der Waals surface area contributed by atoms with E-state index in [0.29, 0.717) is 5.56 Å². The van der Waals surface area contributed by atoms with E-state index in [4.69, 9.17) is 9.84 Å². The lowest BCUT2D eigenvalue weighted by atomic mass is 10.1. The predicted octanol–water partition coefficient (Wildman–Crippen LogP) is 0.826. The van der Waals surface area contributed by atoms with Gasteiger partial charge in [0.25, 0.3) is 5.91 Å². The summed E-state index contributed by atoms with van der Waals surface area (Å²) in [6.07, 6.45) is -0.960. The first-order valence-electron chi connectivity index (χ1n) is 4.88. The maximum absolute atomic E-state index is 11.5. The maximum Gasteiger partial charge on any atom is 0.253 e. The molecule has 80 valence electrons. The number of rotatable bonds is 3. The molecule has 4 nitrogen and oxygen atoms in total. The third-order valence-corrected chi connectivity index (χ3v) is 2.25. The molecule has 1 unspecified atom stereocenters. The molecule has 0 bridgehead atoms. The summed E-state index contributed by atoms with van der Waals surface area (Å²) < 4.78 is 5.38. The largest absolute Gasteiger partial charge is 0.391 e. The molecule has 0 spiro atoms. The van der Waals surface area contributed by atoms with E-state index in [1.165, 1.54) is 0 Å². The smallest absolute Gasteiger partial charge is 0.253 e. The van der Waals surface area contributed by atoms with Gasteiger partial charge in [0.15, 0.2) is 6.23 Å². The number of ether oxygens (including phenoxy) is 1. The summed E-state index contributed by atoms with van der Waals surface area (Å²) in [6, 6.07) is 7.28. The van der Waals surface area contributed by atoms with Crippen molar-refractivity contribution in [3.63, 3.8) is 0 Å². The van der Waals surface area contributed by atoms with E-state index in [2.05, 4.69) is 5.32 Å². The Morgan fingerprint density at radius 1 is 1.53 bits per heavy atom. The number of nitrogens with one attached hydrogen (secondary N) is 1. The Bertz CT molecular complexity index is 376. The van der Waals surface area contributed by atoms with Gasteiger partial charge in [-0.2, -0.15) is 0 Å². The van der Waals surface area contributed by atoms with Gasteiger partial charge in [-0.15, -0.1) is 0 Å². The van der Waals surface area contributed by atoms with Crippen LogP contribution in [0.3, 0.4) is 0 Å². The second-order valence-corrected chi connectivity index (χ2v) is 3.62. The van der Waals surface area contributed by atoms with E-state index in [9.17, 15) is 4.79 Å². The van der Waals surface area contributed by atoms with Gasteiger partial charge in [0.1, 0.15) is 0 Å². The standard InChI is InChI=1S/C11H13NO3/c1-7(13)6-15-11-9-5-3-2-4-8(9)10(14)12-11/h2-5,7,11,13H,6H2,1H3,(H,12,14)/t7-,11?/m1/s1. The van der Waals surface area contributed by atoms with E-state index in [1.54, 1.807) is 13.0 Å². The van der Waals surface area contributed by atoms with Crippen LogP contribution in [0.15, 0.2) is 24.3 Å². The van der Waals surface area contributed by atoms with Gasteiger partial charge in [-0.05, 0) is 13.0 Å². The average Bonchev–Trinajstić information content (AvgIpc) is 2.54. The highest BCUT2D eigenvalue weighted by Gasteiger charge is 2.28. The summed E-state index contributed by atoms with van der Waals surface area (Å²) in [6.45, 7) is 1.85. The molecule has 2 rings (SSSR count). The second kappa shape index (κ2) is 4.00. The van der Waals surface area contributed by atoms with Crippen molar-refractivity contribution >= 4 is 5.91 Å². The summed E-state index contributed by atoms with van der Waals surface area (Å²) in [5, 5.41) is 11.8. The number of aliphatic hydroxyl groups is 1. The zero-order valence-corrected chi connectivity index (χ0v) is 8.43. The summed E-state index contributed by atoms with van der Waals surface area (Å²) in [5.41, 5.74) is 1.48. The van der Waals surface area contributed by atoms with Gasteiger partial charge in [0, 0.05) is 11.1 Å². The van der Waals surface area contributed by atoms with E-state index in [1.807, 2.05) is 18.2 Å². The molecule has 0 radical (unpaired) electrons. The van der Waals surface area contributed by atoms with Crippen molar-refractivity contribution in [2.75, 3.05) is 6.61 Å². The van der Waals surface area contributed by atoms with E-state index in [0.717, 1.165) is 5.56 Å². The van der Waals surface area contributed by atoms with Crippen molar-refractivity contribution in [3.05, 3.63) is 35.4 Å². The van der Waals surface area contributed by atoms with Crippen molar-refractivity contribution in [2.45, 2.75) is 19.3 Å². The van der Waals surface area contributed by atoms with Crippen molar-refractivity contribution < 1.29 is 14.6 Å². The minimum absolute atomic E-state index is 0.124. The Labute approximate surface area is 87.9 Å². The van der Waals surface area contributed by atoms with Crippen molar-refractivity contribution in [1.82, 2.24) is 5.32 Å². The predicted molar refractivity (Wildman–Crippen MR) is 54.3 cm³/mol. The number of carbonyl (C=O) groups is 1. The molecular formula is C11H13NO3. The topological polar surface area (TPSA) is 58.6 Å². The molecule has 1 aromatic rings. The van der Waals surface area contributed by atoms with Crippen LogP contribution in [0.25, 0.3) is 0 Å². The molecule has 2 N–H and O–H groups in total. The number of amides is 1. The van der Waals surface area contributed by atoms with Gasteiger partial charge in [-0.1, -0.05) is 18.2 Å². The molecule has 0 saturated heterocycles. The summed E-state index contributed by atoms with van der Waals surface area (Å²) in [5.74, 6) is -0.124. The Morgan fingerprint density at radius 3 is 3.00 bits per heavy atom. The average molecular weight is 207 g/mol. The lowest BCUT2D eigenvalue weighted by Gasteiger charge is -2.14. The minimum atomic E-state index is -0.533. The first kappa shape index (κ1) is 10.1. The Hall–Kier alpha value is -1.39. The molecule has 0 fully saturated rings. The van der Waals surface area contributed by atoms with Crippen LogP contribution in [-0.4, -0.2) is 23.7 Å². The summed E-state index contributed by atoms with van der Waals surface area (Å²) in [4.78, 5) is 11.5. The van der Waals surface area contributed by atoms with Gasteiger partial charge >= 0.3 is 0 Å². The van der Waals surface area contributed by atoms with Crippen LogP contribution in [0.5, 0.6) is 0 Å². The molecule has 1 aliphatic rings. The lowest BCUT2D eigenvalue weighted by molar-refractivity contribution is -0.0127. The number of hydrogen-bond donors (Lipinski definition) is 2. The molecule has 4 heteroatoms. The lowest BCUT2D eigenvalue weighted by Crippen LogP contribution is -2.24. The molecule has 1 heterocycles. The Balaban J connectivity index is 2.14. The van der Waals surface area contributed by atoms with Crippen LogP contribution in [0, 0.1) is 0 Å². The van der Waals surface area contributed by atoms with Crippen LogP contribution in [0.1, 0.15) is 29.1 Å². The molecule has 1 amide bonds. The van der Waals surface area contributed by atoms with Crippen LogP contribution >= 0.6 is 0 Å².